The summed E-state index contributed by atoms with van der Waals surface area (Å²) in [4.78, 5) is 24.9. The van der Waals surface area contributed by atoms with Crippen molar-refractivity contribution in [3.8, 4) is 11.6 Å². The minimum atomic E-state index is -0.191. The predicted octanol–water partition coefficient (Wildman–Crippen LogP) is 3.86. The maximum absolute atomic E-state index is 12.1. The first-order valence-corrected chi connectivity index (χ1v) is 9.24. The molecule has 0 aliphatic carbocycles. The summed E-state index contributed by atoms with van der Waals surface area (Å²) in [6, 6.07) is 10.6. The largest absolute Gasteiger partial charge is 0.460 e. The van der Waals surface area contributed by atoms with E-state index in [0.29, 0.717) is 34.5 Å². The van der Waals surface area contributed by atoms with Gasteiger partial charge in [-0.05, 0) is 31.2 Å². The standard InChI is InChI=1S/C21H20N6O3/c1-12-19(20(28)23-3)15-6-5-14(10-16(15)29-12)30-18-8-9-24-21(27-18)26-13-4-7-17(22-2)25-11-13/h4-11H,1-3H3,(H,22,25)(H,23,28)(H,24,26,27). The van der Waals surface area contributed by atoms with Crippen molar-refractivity contribution in [2.75, 3.05) is 24.7 Å². The first-order valence-electron chi connectivity index (χ1n) is 9.24. The Labute approximate surface area is 172 Å². The number of anilines is 3. The second kappa shape index (κ2) is 8.08. The molecule has 4 rings (SSSR count). The van der Waals surface area contributed by atoms with Crippen LogP contribution in [0.2, 0.25) is 0 Å². The Morgan fingerprint density at radius 2 is 1.97 bits per heavy atom. The number of hydrogen-bond acceptors (Lipinski definition) is 8. The van der Waals surface area contributed by atoms with Crippen LogP contribution in [0.3, 0.4) is 0 Å². The molecule has 1 aromatic carbocycles. The zero-order valence-electron chi connectivity index (χ0n) is 16.7. The van der Waals surface area contributed by atoms with Gasteiger partial charge in [0.05, 0.1) is 17.4 Å². The minimum Gasteiger partial charge on any atom is -0.460 e. The van der Waals surface area contributed by atoms with Crippen molar-refractivity contribution in [1.82, 2.24) is 20.3 Å². The van der Waals surface area contributed by atoms with Gasteiger partial charge in [0.2, 0.25) is 11.8 Å². The maximum Gasteiger partial charge on any atom is 0.255 e. The highest BCUT2D eigenvalue weighted by molar-refractivity contribution is 6.07. The van der Waals surface area contributed by atoms with Gasteiger partial charge in [-0.1, -0.05) is 0 Å². The number of nitrogens with zero attached hydrogens (tertiary/aromatic N) is 3. The van der Waals surface area contributed by atoms with Crippen molar-refractivity contribution in [2.24, 2.45) is 0 Å². The number of furan rings is 1. The summed E-state index contributed by atoms with van der Waals surface area (Å²) in [5, 5.41) is 9.40. The Morgan fingerprint density at radius 1 is 1.10 bits per heavy atom. The molecular formula is C21H20N6O3. The van der Waals surface area contributed by atoms with Crippen molar-refractivity contribution >= 4 is 34.3 Å². The number of nitrogens with one attached hydrogen (secondary N) is 3. The van der Waals surface area contributed by atoms with Gasteiger partial charge in [-0.2, -0.15) is 4.98 Å². The van der Waals surface area contributed by atoms with Gasteiger partial charge in [-0.15, -0.1) is 0 Å². The highest BCUT2D eigenvalue weighted by atomic mass is 16.5. The molecule has 0 unspecified atom stereocenters. The van der Waals surface area contributed by atoms with E-state index in [4.69, 9.17) is 9.15 Å². The fourth-order valence-corrected chi connectivity index (χ4v) is 2.99. The van der Waals surface area contributed by atoms with Crippen molar-refractivity contribution in [1.29, 1.82) is 0 Å². The Bertz CT molecular complexity index is 1200. The van der Waals surface area contributed by atoms with Gasteiger partial charge in [-0.3, -0.25) is 4.79 Å². The van der Waals surface area contributed by atoms with Crippen LogP contribution in [-0.2, 0) is 0 Å². The molecule has 0 bridgehead atoms. The van der Waals surface area contributed by atoms with Crippen molar-refractivity contribution in [2.45, 2.75) is 6.92 Å². The molecule has 0 aliphatic rings. The SMILES string of the molecule is CNC(=O)c1c(C)oc2cc(Oc3ccnc(Nc4ccc(NC)nc4)n3)ccc12. The van der Waals surface area contributed by atoms with Crippen molar-refractivity contribution < 1.29 is 13.9 Å². The van der Waals surface area contributed by atoms with E-state index in [9.17, 15) is 4.79 Å². The number of ether oxygens (including phenoxy) is 1. The lowest BCUT2D eigenvalue weighted by atomic mass is 10.1. The molecule has 0 radical (unpaired) electrons. The molecule has 1 amide bonds. The summed E-state index contributed by atoms with van der Waals surface area (Å²) in [5.74, 6) is 2.40. The monoisotopic (exact) mass is 404 g/mol. The molecule has 3 N–H and O–H groups in total. The van der Waals surface area contributed by atoms with E-state index in [1.165, 1.54) is 0 Å². The number of aromatic nitrogens is 3. The summed E-state index contributed by atoms with van der Waals surface area (Å²) in [5.41, 5.74) is 1.83. The lowest BCUT2D eigenvalue weighted by molar-refractivity contribution is 0.0963. The van der Waals surface area contributed by atoms with Crippen LogP contribution in [0.4, 0.5) is 17.5 Å². The van der Waals surface area contributed by atoms with Crippen LogP contribution in [0.5, 0.6) is 11.6 Å². The molecule has 9 heteroatoms. The van der Waals surface area contributed by atoms with E-state index < -0.39 is 0 Å². The summed E-state index contributed by atoms with van der Waals surface area (Å²) in [6.45, 7) is 1.76. The number of fused-ring (bicyclic) bond motifs is 1. The molecule has 0 fully saturated rings. The van der Waals surface area contributed by atoms with Gasteiger partial charge in [0.15, 0.2) is 0 Å². The Morgan fingerprint density at radius 3 is 2.70 bits per heavy atom. The van der Waals surface area contributed by atoms with Gasteiger partial charge in [0, 0.05) is 37.8 Å². The van der Waals surface area contributed by atoms with Gasteiger partial charge >= 0.3 is 0 Å². The number of pyridine rings is 1. The molecular weight excluding hydrogens is 384 g/mol. The Kier molecular flexibility index (Phi) is 5.17. The second-order valence-electron chi connectivity index (χ2n) is 6.40. The highest BCUT2D eigenvalue weighted by Gasteiger charge is 2.17. The normalized spacial score (nSPS) is 10.6. The molecule has 3 heterocycles. The van der Waals surface area contributed by atoms with Crippen LogP contribution in [0, 0.1) is 6.92 Å². The van der Waals surface area contributed by atoms with E-state index in [-0.39, 0.29) is 5.91 Å². The van der Waals surface area contributed by atoms with E-state index in [1.54, 1.807) is 57.7 Å². The summed E-state index contributed by atoms with van der Waals surface area (Å²) < 4.78 is 11.6. The first kappa shape index (κ1) is 19.2. The maximum atomic E-state index is 12.1. The number of benzene rings is 1. The third-order valence-electron chi connectivity index (χ3n) is 4.42. The number of carbonyl (C=O) groups is 1. The lowest BCUT2D eigenvalue weighted by Crippen LogP contribution is -2.18. The smallest absolute Gasteiger partial charge is 0.255 e. The number of amides is 1. The fraction of sp³-hybridized carbons (Fsp3) is 0.143. The average Bonchev–Trinajstić information content (AvgIpc) is 3.09. The molecule has 0 aliphatic heterocycles. The minimum absolute atomic E-state index is 0.191. The van der Waals surface area contributed by atoms with Crippen LogP contribution < -0.4 is 20.7 Å². The Hall–Kier alpha value is -4.14. The Balaban J connectivity index is 1.54. The van der Waals surface area contributed by atoms with Crippen LogP contribution in [-0.4, -0.2) is 35.0 Å². The zero-order valence-corrected chi connectivity index (χ0v) is 16.7. The zero-order chi connectivity index (χ0) is 21.1. The van der Waals surface area contributed by atoms with Gasteiger partial charge < -0.3 is 25.1 Å². The van der Waals surface area contributed by atoms with Crippen LogP contribution >= 0.6 is 0 Å². The van der Waals surface area contributed by atoms with Gasteiger partial charge in [-0.25, -0.2) is 9.97 Å². The molecule has 0 atom stereocenters. The van der Waals surface area contributed by atoms with E-state index in [1.807, 2.05) is 12.1 Å². The average molecular weight is 404 g/mol. The third-order valence-corrected chi connectivity index (χ3v) is 4.42. The number of hydrogen-bond donors (Lipinski definition) is 3. The number of aryl methyl sites for hydroxylation is 1. The third kappa shape index (κ3) is 3.86. The second-order valence-corrected chi connectivity index (χ2v) is 6.40. The van der Waals surface area contributed by atoms with Crippen molar-refractivity contribution in [3.63, 3.8) is 0 Å². The number of rotatable bonds is 6. The molecule has 30 heavy (non-hydrogen) atoms. The molecule has 9 nitrogen and oxygen atoms in total. The molecule has 3 aromatic heterocycles. The van der Waals surface area contributed by atoms with E-state index in [2.05, 4.69) is 30.9 Å². The number of carbonyl (C=O) groups excluding carboxylic acids is 1. The van der Waals surface area contributed by atoms with Gasteiger partial charge in [0.25, 0.3) is 5.91 Å². The summed E-state index contributed by atoms with van der Waals surface area (Å²) in [6.07, 6.45) is 3.28. The molecule has 0 saturated carbocycles. The molecule has 0 spiro atoms. The van der Waals surface area contributed by atoms with E-state index in [0.717, 1.165) is 16.9 Å². The topological polar surface area (TPSA) is 114 Å². The van der Waals surface area contributed by atoms with Crippen LogP contribution in [0.25, 0.3) is 11.0 Å². The summed E-state index contributed by atoms with van der Waals surface area (Å²) in [7, 11) is 3.39. The van der Waals surface area contributed by atoms with Crippen LogP contribution in [0.15, 0.2) is 53.2 Å². The summed E-state index contributed by atoms with van der Waals surface area (Å²) >= 11 is 0. The molecule has 4 aromatic rings. The lowest BCUT2D eigenvalue weighted by Gasteiger charge is -2.08. The molecule has 0 saturated heterocycles. The van der Waals surface area contributed by atoms with E-state index >= 15 is 0 Å². The van der Waals surface area contributed by atoms with Crippen molar-refractivity contribution in [3.05, 3.63) is 60.1 Å². The molecule has 152 valence electrons. The van der Waals surface area contributed by atoms with Crippen LogP contribution in [0.1, 0.15) is 16.1 Å². The van der Waals surface area contributed by atoms with Gasteiger partial charge in [0.1, 0.15) is 22.9 Å². The fourth-order valence-electron chi connectivity index (χ4n) is 2.99. The quantitative estimate of drug-likeness (QED) is 0.444. The predicted molar refractivity (Wildman–Crippen MR) is 114 cm³/mol. The first-order chi connectivity index (χ1) is 14.6. The highest BCUT2D eigenvalue weighted by Crippen LogP contribution is 2.30.